The zero-order valence-corrected chi connectivity index (χ0v) is 11.4. The molecule has 3 N–H and O–H groups in total. The molecule has 2 amide bonds. The fourth-order valence-corrected chi connectivity index (χ4v) is 3.09. The molecule has 2 rings (SSSR count). The van der Waals surface area contributed by atoms with Crippen LogP contribution in [0.3, 0.4) is 0 Å². The molecule has 4 heteroatoms. The number of hydrogen-bond donors (Lipinski definition) is 2. The van der Waals surface area contributed by atoms with Crippen LogP contribution in [0.5, 0.6) is 0 Å². The molecule has 18 heavy (non-hydrogen) atoms. The van der Waals surface area contributed by atoms with Gasteiger partial charge in [-0.1, -0.05) is 25.7 Å². The molecule has 1 aliphatic carbocycles. The van der Waals surface area contributed by atoms with Gasteiger partial charge in [-0.2, -0.15) is 0 Å². The average molecular weight is 253 g/mol. The van der Waals surface area contributed by atoms with Crippen LogP contribution in [0, 0.1) is 5.92 Å². The fraction of sp³-hybridized carbons (Fsp3) is 0.929. The molecule has 2 atom stereocenters. The number of hydrogen-bond acceptors (Lipinski definition) is 2. The van der Waals surface area contributed by atoms with Crippen LogP contribution in [0.15, 0.2) is 0 Å². The number of amides is 2. The van der Waals surface area contributed by atoms with Crippen molar-refractivity contribution < 1.29 is 4.79 Å². The number of nitrogens with one attached hydrogen (secondary N) is 1. The van der Waals surface area contributed by atoms with Crippen molar-refractivity contribution in [3.05, 3.63) is 0 Å². The molecule has 0 spiro atoms. The van der Waals surface area contributed by atoms with Crippen LogP contribution in [0.1, 0.15) is 51.4 Å². The number of carbonyl (C=O) groups is 1. The summed E-state index contributed by atoms with van der Waals surface area (Å²) in [4.78, 5) is 14.0. The molecule has 1 aliphatic heterocycles. The lowest BCUT2D eigenvalue weighted by atomic mass is 9.85. The van der Waals surface area contributed by atoms with Gasteiger partial charge in [0.05, 0.1) is 0 Å². The highest BCUT2D eigenvalue weighted by Gasteiger charge is 2.23. The van der Waals surface area contributed by atoms with Crippen molar-refractivity contribution in [1.82, 2.24) is 10.2 Å². The van der Waals surface area contributed by atoms with Crippen molar-refractivity contribution in [3.8, 4) is 0 Å². The van der Waals surface area contributed by atoms with Gasteiger partial charge in [0.1, 0.15) is 0 Å². The summed E-state index contributed by atoms with van der Waals surface area (Å²) in [5, 5.41) is 3.09. The van der Waals surface area contributed by atoms with E-state index in [0.29, 0.717) is 5.92 Å². The summed E-state index contributed by atoms with van der Waals surface area (Å²) in [5.41, 5.74) is 6.10. The third-order valence-electron chi connectivity index (χ3n) is 4.38. The van der Waals surface area contributed by atoms with E-state index in [4.69, 9.17) is 5.73 Å². The first-order chi connectivity index (χ1) is 8.77. The second kappa shape index (κ2) is 6.98. The smallest absolute Gasteiger partial charge is 0.317 e. The zero-order valence-electron chi connectivity index (χ0n) is 11.4. The molecule has 1 heterocycles. The van der Waals surface area contributed by atoms with Crippen LogP contribution in [0.4, 0.5) is 4.79 Å². The third kappa shape index (κ3) is 3.87. The Balaban J connectivity index is 1.72. The lowest BCUT2D eigenvalue weighted by molar-refractivity contribution is 0.194. The summed E-state index contributed by atoms with van der Waals surface area (Å²) in [6.07, 6.45) is 9.61. The van der Waals surface area contributed by atoms with Crippen molar-refractivity contribution in [2.45, 2.75) is 57.4 Å². The molecule has 2 fully saturated rings. The van der Waals surface area contributed by atoms with Gasteiger partial charge < -0.3 is 16.0 Å². The summed E-state index contributed by atoms with van der Waals surface area (Å²) in [6, 6.07) is 0.401. The Labute approximate surface area is 110 Å². The lowest BCUT2D eigenvalue weighted by Gasteiger charge is -2.30. The van der Waals surface area contributed by atoms with E-state index in [9.17, 15) is 4.79 Å². The average Bonchev–Trinajstić information content (AvgIpc) is 2.66. The minimum Gasteiger partial charge on any atom is -0.338 e. The number of carbonyl (C=O) groups excluding carboxylic acids is 1. The summed E-state index contributed by atoms with van der Waals surface area (Å²) in [6.45, 7) is 2.60. The van der Waals surface area contributed by atoms with Crippen molar-refractivity contribution >= 4 is 6.03 Å². The number of urea groups is 1. The molecule has 0 aromatic heterocycles. The molecule has 0 radical (unpaired) electrons. The third-order valence-corrected chi connectivity index (χ3v) is 4.38. The summed E-state index contributed by atoms with van der Waals surface area (Å²) in [7, 11) is 0. The van der Waals surface area contributed by atoms with E-state index in [1.165, 1.54) is 32.1 Å². The first kappa shape index (κ1) is 13.7. The van der Waals surface area contributed by atoms with Crippen molar-refractivity contribution in [1.29, 1.82) is 0 Å². The molecule has 2 unspecified atom stereocenters. The van der Waals surface area contributed by atoms with Gasteiger partial charge in [0.25, 0.3) is 0 Å². The first-order valence-corrected chi connectivity index (χ1v) is 7.56. The Morgan fingerprint density at radius 1 is 1.06 bits per heavy atom. The molecular formula is C14H27N3O. The highest BCUT2D eigenvalue weighted by Crippen LogP contribution is 2.22. The zero-order chi connectivity index (χ0) is 12.8. The minimum atomic E-state index is 0.120. The van der Waals surface area contributed by atoms with Gasteiger partial charge in [-0.25, -0.2) is 4.79 Å². The Morgan fingerprint density at radius 3 is 2.39 bits per heavy atom. The summed E-state index contributed by atoms with van der Waals surface area (Å²) >= 11 is 0. The van der Waals surface area contributed by atoms with E-state index in [1.807, 2.05) is 4.90 Å². The van der Waals surface area contributed by atoms with Crippen LogP contribution >= 0.6 is 0 Å². The fourth-order valence-electron chi connectivity index (χ4n) is 3.09. The normalized spacial score (nSPS) is 29.7. The second-order valence-corrected chi connectivity index (χ2v) is 5.80. The van der Waals surface area contributed by atoms with E-state index in [1.54, 1.807) is 0 Å². The lowest BCUT2D eigenvalue weighted by Crippen LogP contribution is -2.46. The van der Waals surface area contributed by atoms with Crippen molar-refractivity contribution in [2.75, 3.05) is 19.6 Å². The van der Waals surface area contributed by atoms with Gasteiger partial charge in [0.2, 0.25) is 0 Å². The maximum atomic E-state index is 12.1. The number of likely N-dealkylation sites (tertiary alicyclic amines) is 1. The molecule has 0 aromatic carbocycles. The van der Waals surface area contributed by atoms with Gasteiger partial charge in [-0.15, -0.1) is 0 Å². The van der Waals surface area contributed by atoms with Gasteiger partial charge in [0, 0.05) is 25.7 Å². The number of nitrogens with zero attached hydrogens (tertiary/aromatic N) is 1. The molecule has 4 nitrogen and oxygen atoms in total. The van der Waals surface area contributed by atoms with E-state index in [-0.39, 0.29) is 12.1 Å². The molecule has 0 aromatic rings. The largest absolute Gasteiger partial charge is 0.338 e. The van der Waals surface area contributed by atoms with Crippen LogP contribution in [-0.4, -0.2) is 36.6 Å². The van der Waals surface area contributed by atoms with Gasteiger partial charge in [-0.05, 0) is 31.6 Å². The summed E-state index contributed by atoms with van der Waals surface area (Å²) < 4.78 is 0. The predicted octanol–water partition coefficient (Wildman–Crippen LogP) is 2.09. The maximum Gasteiger partial charge on any atom is 0.317 e. The standard InChI is InChI=1S/C14H27N3O/c15-13-8-4-3-7-12(13)11-16-14(18)17-9-5-1-2-6-10-17/h12-13H,1-11,15H2,(H,16,18). The molecule has 2 aliphatic rings. The van der Waals surface area contributed by atoms with Gasteiger partial charge in [-0.3, -0.25) is 0 Å². The molecule has 0 bridgehead atoms. The maximum absolute atomic E-state index is 12.1. The van der Waals surface area contributed by atoms with Crippen molar-refractivity contribution in [3.63, 3.8) is 0 Å². The van der Waals surface area contributed by atoms with Crippen LogP contribution in [0.2, 0.25) is 0 Å². The highest BCUT2D eigenvalue weighted by atomic mass is 16.2. The van der Waals surface area contributed by atoms with Crippen molar-refractivity contribution in [2.24, 2.45) is 11.7 Å². The van der Waals surface area contributed by atoms with E-state index < -0.39 is 0 Å². The predicted molar refractivity (Wildman–Crippen MR) is 73.4 cm³/mol. The molecule has 1 saturated heterocycles. The van der Waals surface area contributed by atoms with Crippen LogP contribution in [-0.2, 0) is 0 Å². The van der Waals surface area contributed by atoms with E-state index >= 15 is 0 Å². The minimum absolute atomic E-state index is 0.120. The summed E-state index contributed by atoms with van der Waals surface area (Å²) in [5.74, 6) is 0.481. The first-order valence-electron chi connectivity index (χ1n) is 7.56. The van der Waals surface area contributed by atoms with Gasteiger partial charge >= 0.3 is 6.03 Å². The van der Waals surface area contributed by atoms with E-state index in [2.05, 4.69) is 5.32 Å². The second-order valence-electron chi connectivity index (χ2n) is 5.80. The molecule has 1 saturated carbocycles. The number of rotatable bonds is 2. The van der Waals surface area contributed by atoms with Gasteiger partial charge in [0.15, 0.2) is 0 Å². The van der Waals surface area contributed by atoms with E-state index in [0.717, 1.165) is 38.9 Å². The van der Waals surface area contributed by atoms with Crippen LogP contribution in [0.25, 0.3) is 0 Å². The quantitative estimate of drug-likeness (QED) is 0.791. The molecular weight excluding hydrogens is 226 g/mol. The molecule has 104 valence electrons. The Bertz CT molecular complexity index is 262. The van der Waals surface area contributed by atoms with Crippen LogP contribution < -0.4 is 11.1 Å². The highest BCUT2D eigenvalue weighted by molar-refractivity contribution is 5.74. The SMILES string of the molecule is NC1CCCCC1CNC(=O)N1CCCCCC1. The topological polar surface area (TPSA) is 58.4 Å². The number of nitrogens with two attached hydrogens (primary N) is 1. The Morgan fingerprint density at radius 2 is 1.72 bits per heavy atom. The Kier molecular flexibility index (Phi) is 5.29. The monoisotopic (exact) mass is 253 g/mol. The Hall–Kier alpha value is -0.770.